The second-order valence-electron chi connectivity index (χ2n) is 5.51. The van der Waals surface area contributed by atoms with Crippen molar-refractivity contribution in [1.29, 1.82) is 0 Å². The molecule has 1 fully saturated rings. The maximum absolute atomic E-state index is 12.6. The van der Waals surface area contributed by atoms with Crippen LogP contribution in [0.1, 0.15) is 29.8 Å². The summed E-state index contributed by atoms with van der Waals surface area (Å²) in [6, 6.07) is 8.28. The van der Waals surface area contributed by atoms with Crippen LogP contribution in [0.3, 0.4) is 0 Å². The van der Waals surface area contributed by atoms with Gasteiger partial charge in [-0.1, -0.05) is 12.5 Å². The van der Waals surface area contributed by atoms with Gasteiger partial charge in [-0.25, -0.2) is 0 Å². The number of carbonyl (C=O) groups is 1. The summed E-state index contributed by atoms with van der Waals surface area (Å²) in [6.07, 6.45) is 5.36. The highest BCUT2D eigenvalue weighted by Crippen LogP contribution is 2.29. The van der Waals surface area contributed by atoms with Crippen molar-refractivity contribution in [2.75, 3.05) is 0 Å². The summed E-state index contributed by atoms with van der Waals surface area (Å²) in [4.78, 5) is 15.9. The monoisotopic (exact) mass is 288 g/mol. The van der Waals surface area contributed by atoms with Gasteiger partial charge >= 0.3 is 0 Å². The van der Waals surface area contributed by atoms with Crippen LogP contribution < -0.4 is 0 Å². The maximum atomic E-state index is 12.6. The summed E-state index contributed by atoms with van der Waals surface area (Å²) < 4.78 is 2.09. The molecule has 0 atom stereocenters. The summed E-state index contributed by atoms with van der Waals surface area (Å²) in [6.45, 7) is 1.44. The van der Waals surface area contributed by atoms with Crippen molar-refractivity contribution < 1.29 is 4.79 Å². The Balaban J connectivity index is 1.75. The third kappa shape index (κ3) is 2.80. The number of nitrogens with zero attached hydrogens (tertiary/aromatic N) is 2. The van der Waals surface area contributed by atoms with E-state index < -0.39 is 0 Å². The molecule has 3 nitrogen and oxygen atoms in total. The van der Waals surface area contributed by atoms with Crippen molar-refractivity contribution in [2.24, 2.45) is 13.0 Å². The lowest BCUT2D eigenvalue weighted by atomic mass is 9.84. The first kappa shape index (κ1) is 13.4. The van der Waals surface area contributed by atoms with Gasteiger partial charge < -0.3 is 9.47 Å². The van der Waals surface area contributed by atoms with Crippen LogP contribution in [-0.2, 0) is 24.9 Å². The molecule has 1 aliphatic rings. The molecule has 0 aromatic carbocycles. The zero-order chi connectivity index (χ0) is 13.9. The molecule has 2 heterocycles. The molecule has 0 radical (unpaired) electrons. The number of hydrogen-bond donors (Lipinski definition) is 0. The normalized spacial score (nSPS) is 15.1. The molecule has 0 unspecified atom stereocenters. The van der Waals surface area contributed by atoms with Crippen molar-refractivity contribution in [3.8, 4) is 0 Å². The average Bonchev–Trinajstić information content (AvgIpc) is 2.99. The fraction of sp³-hybridized carbons (Fsp3) is 0.438. The molecule has 2 aromatic heterocycles. The van der Waals surface area contributed by atoms with Gasteiger partial charge in [0.1, 0.15) is 0 Å². The van der Waals surface area contributed by atoms with Crippen molar-refractivity contribution in [3.05, 3.63) is 46.4 Å². The molecule has 1 saturated carbocycles. The minimum atomic E-state index is 0.259. The number of hydrogen-bond acceptors (Lipinski definition) is 2. The molecule has 1 aliphatic carbocycles. The number of carbonyl (C=O) groups excluding carboxylic acids is 1. The lowest BCUT2D eigenvalue weighted by Crippen LogP contribution is -2.38. The molecular formula is C16H20N2OS. The van der Waals surface area contributed by atoms with Gasteiger partial charge in [-0.3, -0.25) is 4.79 Å². The number of rotatable bonds is 5. The molecule has 0 N–H and O–H groups in total. The molecule has 0 aliphatic heterocycles. The topological polar surface area (TPSA) is 25.2 Å². The largest absolute Gasteiger partial charge is 0.353 e. The Bertz CT molecular complexity index is 569. The van der Waals surface area contributed by atoms with E-state index in [4.69, 9.17) is 0 Å². The Morgan fingerprint density at radius 2 is 2.20 bits per heavy atom. The molecule has 0 bridgehead atoms. The SMILES string of the molecule is Cn1cccc1CN(Cc1cccs1)C(=O)C1CCC1. The van der Waals surface area contributed by atoms with E-state index in [1.54, 1.807) is 11.3 Å². The van der Waals surface area contributed by atoms with E-state index >= 15 is 0 Å². The van der Waals surface area contributed by atoms with Crippen LogP contribution in [-0.4, -0.2) is 15.4 Å². The first-order valence-corrected chi connectivity index (χ1v) is 8.03. The highest BCUT2D eigenvalue weighted by Gasteiger charge is 2.29. The summed E-state index contributed by atoms with van der Waals surface area (Å²) >= 11 is 1.72. The molecule has 0 saturated heterocycles. The Hall–Kier alpha value is -1.55. The van der Waals surface area contributed by atoms with Crippen molar-refractivity contribution >= 4 is 17.2 Å². The van der Waals surface area contributed by atoms with Gasteiger partial charge in [-0.15, -0.1) is 11.3 Å². The van der Waals surface area contributed by atoms with E-state index in [1.807, 2.05) is 24.2 Å². The Morgan fingerprint density at radius 1 is 1.35 bits per heavy atom. The third-order valence-electron chi connectivity index (χ3n) is 4.10. The Kier molecular flexibility index (Phi) is 3.92. The van der Waals surface area contributed by atoms with Crippen LogP contribution in [0.2, 0.25) is 0 Å². The quantitative estimate of drug-likeness (QED) is 0.827. The van der Waals surface area contributed by atoms with Crippen molar-refractivity contribution in [3.63, 3.8) is 0 Å². The van der Waals surface area contributed by atoms with Gasteiger partial charge in [0.15, 0.2) is 0 Å². The van der Waals surface area contributed by atoms with E-state index in [0.717, 1.165) is 19.4 Å². The number of aryl methyl sites for hydroxylation is 1. The molecule has 1 amide bonds. The van der Waals surface area contributed by atoms with Crippen LogP contribution in [0.15, 0.2) is 35.8 Å². The standard InChI is InChI=1S/C16H20N2OS/c1-17-9-3-7-14(17)11-18(12-15-8-4-10-20-15)16(19)13-5-2-6-13/h3-4,7-10,13H,2,5-6,11-12H2,1H3. The summed E-state index contributed by atoms with van der Waals surface area (Å²) in [7, 11) is 2.03. The fourth-order valence-corrected chi connectivity index (χ4v) is 3.29. The van der Waals surface area contributed by atoms with Gasteiger partial charge in [0, 0.05) is 29.7 Å². The average molecular weight is 288 g/mol. The lowest BCUT2D eigenvalue weighted by molar-refractivity contribution is -0.139. The van der Waals surface area contributed by atoms with E-state index in [2.05, 4.69) is 28.1 Å². The van der Waals surface area contributed by atoms with E-state index in [9.17, 15) is 4.79 Å². The second kappa shape index (κ2) is 5.83. The highest BCUT2D eigenvalue weighted by molar-refractivity contribution is 7.09. The first-order valence-electron chi connectivity index (χ1n) is 7.15. The molecule has 0 spiro atoms. The van der Waals surface area contributed by atoms with Gasteiger partial charge in [-0.05, 0) is 36.4 Å². The zero-order valence-electron chi connectivity index (χ0n) is 11.8. The Labute approximate surface area is 123 Å². The minimum absolute atomic E-state index is 0.259. The first-order chi connectivity index (χ1) is 9.74. The third-order valence-corrected chi connectivity index (χ3v) is 4.96. The van der Waals surface area contributed by atoms with Crippen LogP contribution in [0.5, 0.6) is 0 Å². The van der Waals surface area contributed by atoms with Crippen molar-refractivity contribution in [2.45, 2.75) is 32.4 Å². The van der Waals surface area contributed by atoms with Gasteiger partial charge in [0.2, 0.25) is 5.91 Å². The van der Waals surface area contributed by atoms with Gasteiger partial charge in [0.25, 0.3) is 0 Å². The van der Waals surface area contributed by atoms with Crippen LogP contribution >= 0.6 is 11.3 Å². The predicted molar refractivity (Wildman–Crippen MR) is 81.3 cm³/mol. The van der Waals surface area contributed by atoms with Crippen molar-refractivity contribution in [1.82, 2.24) is 9.47 Å². The van der Waals surface area contributed by atoms with E-state index in [1.165, 1.54) is 17.0 Å². The smallest absolute Gasteiger partial charge is 0.226 e. The van der Waals surface area contributed by atoms with Gasteiger partial charge in [0.05, 0.1) is 13.1 Å². The molecule has 106 valence electrons. The van der Waals surface area contributed by atoms with Crippen LogP contribution in [0.4, 0.5) is 0 Å². The number of amides is 1. The molecular weight excluding hydrogens is 268 g/mol. The van der Waals surface area contributed by atoms with E-state index in [0.29, 0.717) is 12.5 Å². The van der Waals surface area contributed by atoms with E-state index in [-0.39, 0.29) is 5.92 Å². The fourth-order valence-electron chi connectivity index (χ4n) is 2.57. The molecule has 2 aromatic rings. The zero-order valence-corrected chi connectivity index (χ0v) is 12.6. The Morgan fingerprint density at radius 3 is 2.75 bits per heavy atom. The maximum Gasteiger partial charge on any atom is 0.226 e. The van der Waals surface area contributed by atoms with Crippen LogP contribution in [0.25, 0.3) is 0 Å². The molecule has 20 heavy (non-hydrogen) atoms. The lowest BCUT2D eigenvalue weighted by Gasteiger charge is -2.31. The minimum Gasteiger partial charge on any atom is -0.353 e. The summed E-state index contributed by atoms with van der Waals surface area (Å²) in [5.74, 6) is 0.584. The number of thiophene rings is 1. The van der Waals surface area contributed by atoms with Gasteiger partial charge in [-0.2, -0.15) is 0 Å². The molecule has 3 rings (SSSR count). The number of aromatic nitrogens is 1. The highest BCUT2D eigenvalue weighted by atomic mass is 32.1. The molecule has 4 heteroatoms. The predicted octanol–water partition coefficient (Wildman–Crippen LogP) is 3.42. The summed E-state index contributed by atoms with van der Waals surface area (Å²) in [5.41, 5.74) is 1.19. The van der Waals surface area contributed by atoms with Crippen LogP contribution in [0, 0.1) is 5.92 Å². The summed E-state index contributed by atoms with van der Waals surface area (Å²) in [5, 5.41) is 2.07. The second-order valence-corrected chi connectivity index (χ2v) is 6.54.